The summed E-state index contributed by atoms with van der Waals surface area (Å²) >= 11 is 0. The standard InChI is InChI=1S/C19H19N3O4/c1-12(2)25-15-9-7-14(8-10-15)20-17(23)19-22-21-18(26-19)13-5-4-6-16(11-13)24-3/h4-12H,1-3H3,(H,20,23). The van der Waals surface area contributed by atoms with Crippen LogP contribution >= 0.6 is 0 Å². The highest BCUT2D eigenvalue weighted by Crippen LogP contribution is 2.23. The number of anilines is 1. The molecule has 1 heterocycles. The van der Waals surface area contributed by atoms with Crippen LogP contribution in [0.4, 0.5) is 5.69 Å². The van der Waals surface area contributed by atoms with E-state index < -0.39 is 5.91 Å². The van der Waals surface area contributed by atoms with Gasteiger partial charge >= 0.3 is 11.8 Å². The summed E-state index contributed by atoms with van der Waals surface area (Å²) in [5.74, 6) is 1.04. The molecule has 26 heavy (non-hydrogen) atoms. The third-order valence-corrected chi connectivity index (χ3v) is 3.42. The highest BCUT2D eigenvalue weighted by Gasteiger charge is 2.16. The molecule has 134 valence electrons. The molecule has 0 aliphatic rings. The van der Waals surface area contributed by atoms with Gasteiger partial charge in [0.25, 0.3) is 0 Å². The summed E-state index contributed by atoms with van der Waals surface area (Å²) in [6, 6.07) is 14.2. The van der Waals surface area contributed by atoms with Gasteiger partial charge in [-0.15, -0.1) is 10.2 Å². The first-order valence-electron chi connectivity index (χ1n) is 8.11. The highest BCUT2D eigenvalue weighted by atomic mass is 16.5. The Morgan fingerprint density at radius 3 is 2.54 bits per heavy atom. The number of amides is 1. The minimum atomic E-state index is -0.482. The monoisotopic (exact) mass is 353 g/mol. The van der Waals surface area contributed by atoms with Crippen molar-refractivity contribution in [3.05, 3.63) is 54.4 Å². The molecule has 0 fully saturated rings. The summed E-state index contributed by atoms with van der Waals surface area (Å²) in [4.78, 5) is 12.3. The van der Waals surface area contributed by atoms with Crippen LogP contribution in [0.5, 0.6) is 11.5 Å². The van der Waals surface area contributed by atoms with Crippen molar-refractivity contribution in [2.75, 3.05) is 12.4 Å². The van der Waals surface area contributed by atoms with E-state index >= 15 is 0 Å². The molecule has 3 rings (SSSR count). The van der Waals surface area contributed by atoms with Crippen molar-refractivity contribution in [2.24, 2.45) is 0 Å². The molecule has 0 aliphatic carbocycles. The van der Waals surface area contributed by atoms with Gasteiger partial charge in [-0.2, -0.15) is 0 Å². The minimum absolute atomic E-state index is 0.0869. The summed E-state index contributed by atoms with van der Waals surface area (Å²) in [5.41, 5.74) is 1.28. The number of nitrogens with one attached hydrogen (secondary N) is 1. The van der Waals surface area contributed by atoms with Gasteiger partial charge in [0.2, 0.25) is 5.89 Å². The van der Waals surface area contributed by atoms with E-state index in [2.05, 4.69) is 15.5 Å². The summed E-state index contributed by atoms with van der Waals surface area (Å²) in [5, 5.41) is 10.4. The zero-order valence-electron chi connectivity index (χ0n) is 14.7. The Morgan fingerprint density at radius 1 is 1.08 bits per heavy atom. The maximum absolute atomic E-state index is 12.3. The van der Waals surface area contributed by atoms with Crippen LogP contribution in [0.15, 0.2) is 52.9 Å². The van der Waals surface area contributed by atoms with Gasteiger partial charge in [-0.1, -0.05) is 6.07 Å². The lowest BCUT2D eigenvalue weighted by atomic mass is 10.2. The van der Waals surface area contributed by atoms with Crippen LogP contribution in [-0.4, -0.2) is 29.3 Å². The fourth-order valence-electron chi connectivity index (χ4n) is 2.26. The Morgan fingerprint density at radius 2 is 1.85 bits per heavy atom. The number of nitrogens with zero attached hydrogens (tertiary/aromatic N) is 2. The molecule has 0 unspecified atom stereocenters. The van der Waals surface area contributed by atoms with Crippen molar-refractivity contribution in [3.8, 4) is 23.0 Å². The van der Waals surface area contributed by atoms with E-state index in [0.717, 1.165) is 5.75 Å². The first-order valence-corrected chi connectivity index (χ1v) is 8.11. The van der Waals surface area contributed by atoms with Crippen LogP contribution in [0.3, 0.4) is 0 Å². The minimum Gasteiger partial charge on any atom is -0.497 e. The molecule has 1 aromatic heterocycles. The number of rotatable bonds is 6. The maximum atomic E-state index is 12.3. The zero-order chi connectivity index (χ0) is 18.5. The zero-order valence-corrected chi connectivity index (χ0v) is 14.7. The number of carbonyl (C=O) groups excluding carboxylic acids is 1. The van der Waals surface area contributed by atoms with Gasteiger partial charge in [0.15, 0.2) is 0 Å². The third kappa shape index (κ3) is 4.18. The number of hydrogen-bond acceptors (Lipinski definition) is 6. The lowest BCUT2D eigenvalue weighted by molar-refractivity contribution is 0.0991. The van der Waals surface area contributed by atoms with E-state index in [1.54, 1.807) is 55.6 Å². The van der Waals surface area contributed by atoms with Crippen LogP contribution < -0.4 is 14.8 Å². The van der Waals surface area contributed by atoms with Crippen molar-refractivity contribution >= 4 is 11.6 Å². The molecule has 0 radical (unpaired) electrons. The number of ether oxygens (including phenoxy) is 2. The van der Waals surface area contributed by atoms with E-state index in [4.69, 9.17) is 13.9 Å². The molecular formula is C19H19N3O4. The first-order chi connectivity index (χ1) is 12.5. The second-order valence-corrected chi connectivity index (χ2v) is 5.79. The normalized spacial score (nSPS) is 10.6. The van der Waals surface area contributed by atoms with Crippen LogP contribution in [0.25, 0.3) is 11.5 Å². The molecule has 0 spiro atoms. The third-order valence-electron chi connectivity index (χ3n) is 3.42. The van der Waals surface area contributed by atoms with Gasteiger partial charge < -0.3 is 19.2 Å². The predicted molar refractivity (Wildman–Crippen MR) is 96.4 cm³/mol. The molecule has 0 saturated carbocycles. The second kappa shape index (κ2) is 7.69. The predicted octanol–water partition coefficient (Wildman–Crippen LogP) is 3.78. The number of hydrogen-bond donors (Lipinski definition) is 1. The number of benzene rings is 2. The smallest absolute Gasteiger partial charge is 0.313 e. The lowest BCUT2D eigenvalue weighted by Gasteiger charge is -2.10. The van der Waals surface area contributed by atoms with Gasteiger partial charge in [-0.25, -0.2) is 0 Å². The molecule has 3 aromatic rings. The molecule has 0 atom stereocenters. The number of carbonyl (C=O) groups is 1. The fourth-order valence-corrected chi connectivity index (χ4v) is 2.26. The largest absolute Gasteiger partial charge is 0.497 e. The molecule has 0 bridgehead atoms. The van der Waals surface area contributed by atoms with E-state index in [0.29, 0.717) is 17.0 Å². The van der Waals surface area contributed by atoms with Crippen LogP contribution in [-0.2, 0) is 0 Å². The van der Waals surface area contributed by atoms with Gasteiger partial charge in [-0.05, 0) is 56.3 Å². The fraction of sp³-hybridized carbons (Fsp3) is 0.211. The molecule has 1 N–H and O–H groups in total. The van der Waals surface area contributed by atoms with Gasteiger partial charge in [-0.3, -0.25) is 4.79 Å². The Labute approximate surface area is 151 Å². The van der Waals surface area contributed by atoms with Crippen LogP contribution in [0.2, 0.25) is 0 Å². The molecule has 0 aliphatic heterocycles. The average Bonchev–Trinajstić information content (AvgIpc) is 3.13. The van der Waals surface area contributed by atoms with E-state index in [1.807, 2.05) is 13.8 Å². The van der Waals surface area contributed by atoms with E-state index in [9.17, 15) is 4.79 Å². The number of methoxy groups -OCH3 is 1. The SMILES string of the molecule is COc1cccc(-c2nnc(C(=O)Nc3ccc(OC(C)C)cc3)o2)c1. The molecule has 0 saturated heterocycles. The number of aromatic nitrogens is 2. The summed E-state index contributed by atoms with van der Waals surface area (Å²) < 4.78 is 16.2. The molecule has 2 aromatic carbocycles. The second-order valence-electron chi connectivity index (χ2n) is 5.79. The molecule has 1 amide bonds. The quantitative estimate of drug-likeness (QED) is 0.726. The molecule has 7 nitrogen and oxygen atoms in total. The Kier molecular flexibility index (Phi) is 5.17. The summed E-state index contributed by atoms with van der Waals surface area (Å²) in [7, 11) is 1.57. The van der Waals surface area contributed by atoms with Gasteiger partial charge in [0, 0.05) is 11.3 Å². The Hall–Kier alpha value is -3.35. The summed E-state index contributed by atoms with van der Waals surface area (Å²) in [6.07, 6.45) is 0.0869. The summed E-state index contributed by atoms with van der Waals surface area (Å²) in [6.45, 7) is 3.90. The van der Waals surface area contributed by atoms with Crippen molar-refractivity contribution in [2.45, 2.75) is 20.0 Å². The van der Waals surface area contributed by atoms with E-state index in [-0.39, 0.29) is 17.9 Å². The van der Waals surface area contributed by atoms with Crippen molar-refractivity contribution < 1.29 is 18.7 Å². The average molecular weight is 353 g/mol. The van der Waals surface area contributed by atoms with Crippen molar-refractivity contribution in [1.29, 1.82) is 0 Å². The van der Waals surface area contributed by atoms with Crippen molar-refractivity contribution in [1.82, 2.24) is 10.2 Å². The molecule has 7 heteroatoms. The Balaban J connectivity index is 1.70. The van der Waals surface area contributed by atoms with E-state index in [1.165, 1.54) is 0 Å². The first kappa shape index (κ1) is 17.5. The highest BCUT2D eigenvalue weighted by molar-refractivity contribution is 6.00. The Bertz CT molecular complexity index is 888. The topological polar surface area (TPSA) is 86.5 Å². The van der Waals surface area contributed by atoms with Crippen LogP contribution in [0, 0.1) is 0 Å². The van der Waals surface area contributed by atoms with Gasteiger partial charge in [0.1, 0.15) is 11.5 Å². The van der Waals surface area contributed by atoms with Gasteiger partial charge in [0.05, 0.1) is 13.2 Å². The maximum Gasteiger partial charge on any atom is 0.313 e. The lowest BCUT2D eigenvalue weighted by Crippen LogP contribution is -2.12. The van der Waals surface area contributed by atoms with Crippen molar-refractivity contribution in [3.63, 3.8) is 0 Å². The molecular weight excluding hydrogens is 334 g/mol. The van der Waals surface area contributed by atoms with Crippen LogP contribution in [0.1, 0.15) is 24.5 Å².